The Kier molecular flexibility index (Phi) is 7.77. The number of amides is 1. The summed E-state index contributed by atoms with van der Waals surface area (Å²) in [7, 11) is 0. The normalized spacial score (nSPS) is 14.5. The van der Waals surface area contributed by atoms with Gasteiger partial charge in [0.1, 0.15) is 24.8 Å². The molecular formula is C26H28N4O5. The second-order valence-electron chi connectivity index (χ2n) is 8.26. The number of oxime groups is 1. The molecule has 182 valence electrons. The van der Waals surface area contributed by atoms with Crippen molar-refractivity contribution in [3.8, 4) is 17.5 Å². The highest BCUT2D eigenvalue weighted by Crippen LogP contribution is 2.26. The Hall–Kier alpha value is -4.14. The van der Waals surface area contributed by atoms with Crippen molar-refractivity contribution in [2.75, 3.05) is 13.1 Å². The zero-order valence-corrected chi connectivity index (χ0v) is 19.8. The molecule has 0 spiro atoms. The van der Waals surface area contributed by atoms with Gasteiger partial charge in [-0.05, 0) is 49.2 Å². The van der Waals surface area contributed by atoms with E-state index in [0.29, 0.717) is 55.6 Å². The molecule has 35 heavy (non-hydrogen) atoms. The highest BCUT2D eigenvalue weighted by Gasteiger charge is 2.24. The molecule has 1 N–H and O–H groups in total. The third-order valence-electron chi connectivity index (χ3n) is 5.77. The van der Waals surface area contributed by atoms with Crippen LogP contribution in [0.4, 0.5) is 4.79 Å². The van der Waals surface area contributed by atoms with Gasteiger partial charge in [-0.15, -0.1) is 0 Å². The molecule has 1 aliphatic heterocycles. The number of hydrogen-bond acceptors (Lipinski definition) is 7. The summed E-state index contributed by atoms with van der Waals surface area (Å²) in [5.74, 6) is 1.49. The van der Waals surface area contributed by atoms with E-state index in [9.17, 15) is 4.79 Å². The fraction of sp³-hybridized carbons (Fsp3) is 0.308. The minimum absolute atomic E-state index is 0.111. The minimum Gasteiger partial charge on any atom is -0.489 e. The molecule has 1 aliphatic rings. The van der Waals surface area contributed by atoms with E-state index in [4.69, 9.17) is 19.4 Å². The molecule has 0 aliphatic carbocycles. The summed E-state index contributed by atoms with van der Waals surface area (Å²) in [4.78, 5) is 26.5. The van der Waals surface area contributed by atoms with Crippen LogP contribution >= 0.6 is 0 Å². The highest BCUT2D eigenvalue weighted by atomic mass is 16.6. The van der Waals surface area contributed by atoms with E-state index < -0.39 is 6.09 Å². The van der Waals surface area contributed by atoms with Crippen molar-refractivity contribution in [1.82, 2.24) is 14.9 Å². The minimum atomic E-state index is -0.903. The monoisotopic (exact) mass is 476 g/mol. The Balaban J connectivity index is 1.34. The molecule has 1 amide bonds. The van der Waals surface area contributed by atoms with Gasteiger partial charge in [-0.2, -0.15) is 4.98 Å². The van der Waals surface area contributed by atoms with Crippen LogP contribution in [-0.2, 0) is 6.61 Å². The molecule has 1 fully saturated rings. The van der Waals surface area contributed by atoms with Crippen LogP contribution in [0.1, 0.15) is 36.5 Å². The summed E-state index contributed by atoms with van der Waals surface area (Å²) in [6.07, 6.45) is 1.57. The van der Waals surface area contributed by atoms with Crippen LogP contribution in [0, 0.1) is 6.92 Å². The second-order valence-corrected chi connectivity index (χ2v) is 8.26. The van der Waals surface area contributed by atoms with Gasteiger partial charge in [0, 0.05) is 25.9 Å². The van der Waals surface area contributed by atoms with Crippen molar-refractivity contribution in [2.45, 2.75) is 39.4 Å². The summed E-state index contributed by atoms with van der Waals surface area (Å²) in [6.45, 7) is 5.04. The van der Waals surface area contributed by atoms with E-state index in [1.807, 2.05) is 61.5 Å². The van der Waals surface area contributed by atoms with Crippen LogP contribution in [0.15, 0.2) is 66.1 Å². The van der Waals surface area contributed by atoms with E-state index in [1.165, 1.54) is 11.2 Å². The van der Waals surface area contributed by atoms with Crippen LogP contribution < -0.4 is 14.3 Å². The van der Waals surface area contributed by atoms with E-state index in [0.717, 1.165) is 16.9 Å². The third-order valence-corrected chi connectivity index (χ3v) is 5.77. The van der Waals surface area contributed by atoms with Gasteiger partial charge in [0.05, 0.1) is 11.3 Å². The zero-order chi connectivity index (χ0) is 24.6. The average molecular weight is 477 g/mol. The molecule has 0 atom stereocenters. The molecule has 0 unspecified atom stereocenters. The van der Waals surface area contributed by atoms with Crippen LogP contribution in [0.5, 0.6) is 17.5 Å². The quantitative estimate of drug-likeness (QED) is 0.371. The van der Waals surface area contributed by atoms with Gasteiger partial charge in [0.25, 0.3) is 5.88 Å². The van der Waals surface area contributed by atoms with Gasteiger partial charge in [-0.3, -0.25) is 0 Å². The maximum Gasteiger partial charge on any atom is 0.407 e. The number of aromatic nitrogens is 2. The van der Waals surface area contributed by atoms with Crippen molar-refractivity contribution in [1.29, 1.82) is 0 Å². The number of carbonyl (C=O) groups is 1. The number of likely N-dealkylation sites (tertiary alicyclic amines) is 1. The number of hydrogen-bond donors (Lipinski definition) is 1. The number of carboxylic acid groups (broad SMARTS) is 1. The summed E-state index contributed by atoms with van der Waals surface area (Å²) in [6, 6.07) is 17.6. The summed E-state index contributed by atoms with van der Waals surface area (Å²) in [5.41, 5.74) is 3.32. The fourth-order valence-electron chi connectivity index (χ4n) is 3.65. The van der Waals surface area contributed by atoms with E-state index in [2.05, 4.69) is 15.1 Å². The van der Waals surface area contributed by atoms with Gasteiger partial charge in [-0.1, -0.05) is 35.5 Å². The maximum absolute atomic E-state index is 11.1. The Morgan fingerprint density at radius 3 is 2.43 bits per heavy atom. The van der Waals surface area contributed by atoms with Gasteiger partial charge >= 0.3 is 6.09 Å². The molecule has 3 aromatic rings. The van der Waals surface area contributed by atoms with Crippen molar-refractivity contribution >= 4 is 11.8 Å². The SMILES string of the molecule is CC(=NOc1ncnc(OC2CCN(C(=O)O)CC2)c1C)c1ccc(OCc2ccccc2)cc1. The number of piperidine rings is 1. The number of rotatable bonds is 8. The number of benzene rings is 2. The lowest BCUT2D eigenvalue weighted by atomic mass is 10.1. The Bertz CT molecular complexity index is 1160. The second kappa shape index (κ2) is 11.3. The smallest absolute Gasteiger partial charge is 0.407 e. The first-order chi connectivity index (χ1) is 17.0. The van der Waals surface area contributed by atoms with Crippen molar-refractivity contribution < 1.29 is 24.2 Å². The van der Waals surface area contributed by atoms with Crippen molar-refractivity contribution in [3.05, 3.63) is 77.6 Å². The summed E-state index contributed by atoms with van der Waals surface area (Å²) < 4.78 is 11.8. The molecule has 9 heteroatoms. The van der Waals surface area contributed by atoms with Crippen LogP contribution in [-0.4, -0.2) is 51.0 Å². The molecule has 0 radical (unpaired) electrons. The first-order valence-corrected chi connectivity index (χ1v) is 11.4. The van der Waals surface area contributed by atoms with Crippen LogP contribution in [0.25, 0.3) is 0 Å². The molecule has 0 bridgehead atoms. The van der Waals surface area contributed by atoms with Gasteiger partial charge in [-0.25, -0.2) is 9.78 Å². The predicted molar refractivity (Wildman–Crippen MR) is 130 cm³/mol. The predicted octanol–water partition coefficient (Wildman–Crippen LogP) is 4.69. The van der Waals surface area contributed by atoms with Gasteiger partial charge in [0.2, 0.25) is 5.88 Å². The van der Waals surface area contributed by atoms with Crippen molar-refractivity contribution in [2.24, 2.45) is 5.16 Å². The highest BCUT2D eigenvalue weighted by molar-refractivity contribution is 5.98. The van der Waals surface area contributed by atoms with Gasteiger partial charge in [0.15, 0.2) is 0 Å². The lowest BCUT2D eigenvalue weighted by Crippen LogP contribution is -2.41. The summed E-state index contributed by atoms with van der Waals surface area (Å²) in [5, 5.41) is 13.3. The Morgan fingerprint density at radius 1 is 1.06 bits per heavy atom. The van der Waals surface area contributed by atoms with Gasteiger partial charge < -0.3 is 24.3 Å². The van der Waals surface area contributed by atoms with Crippen LogP contribution in [0.2, 0.25) is 0 Å². The topological polar surface area (TPSA) is 106 Å². The molecule has 1 aromatic heterocycles. The summed E-state index contributed by atoms with van der Waals surface area (Å²) >= 11 is 0. The fourth-order valence-corrected chi connectivity index (χ4v) is 3.65. The molecule has 2 aromatic carbocycles. The Morgan fingerprint density at radius 2 is 1.74 bits per heavy atom. The number of nitrogens with zero attached hydrogens (tertiary/aromatic N) is 4. The zero-order valence-electron chi connectivity index (χ0n) is 19.8. The first-order valence-electron chi connectivity index (χ1n) is 11.4. The molecule has 0 saturated carbocycles. The maximum atomic E-state index is 11.1. The third kappa shape index (κ3) is 6.47. The average Bonchev–Trinajstić information content (AvgIpc) is 2.89. The molecule has 4 rings (SSSR count). The molecule has 2 heterocycles. The molecule has 1 saturated heterocycles. The standard InChI is InChI=1S/C26H28N4O5/c1-18-24(34-23-12-14-30(15-13-23)26(31)32)27-17-28-25(18)35-29-19(2)21-8-10-22(11-9-21)33-16-20-6-4-3-5-7-20/h3-11,17,23H,12-16H2,1-2H3,(H,31,32). The molecular weight excluding hydrogens is 448 g/mol. The number of ether oxygens (including phenoxy) is 2. The van der Waals surface area contributed by atoms with E-state index >= 15 is 0 Å². The Labute approximate surface area is 204 Å². The van der Waals surface area contributed by atoms with Crippen molar-refractivity contribution in [3.63, 3.8) is 0 Å². The lowest BCUT2D eigenvalue weighted by molar-refractivity contribution is 0.0863. The van der Waals surface area contributed by atoms with E-state index in [1.54, 1.807) is 6.92 Å². The largest absolute Gasteiger partial charge is 0.489 e. The first kappa shape index (κ1) is 24.0. The molecule has 9 nitrogen and oxygen atoms in total. The lowest BCUT2D eigenvalue weighted by Gasteiger charge is -2.30. The van der Waals surface area contributed by atoms with Crippen LogP contribution in [0.3, 0.4) is 0 Å². The van der Waals surface area contributed by atoms with E-state index in [-0.39, 0.29) is 6.10 Å².